The van der Waals surface area contributed by atoms with Crippen LogP contribution in [0.1, 0.15) is 91.4 Å². The normalized spacial score (nSPS) is 26.9. The molecule has 0 saturated carbocycles. The standard InChI is InChI=1S/C17H34O3/c1-4-7-10-13-16-18-15(12-9-6-3)19-17(20-16)14-11-8-5-2/h15-17H,4-14H2,1-3H3. The highest BCUT2D eigenvalue weighted by Crippen LogP contribution is 2.25. The molecule has 20 heavy (non-hydrogen) atoms. The van der Waals surface area contributed by atoms with Crippen molar-refractivity contribution in [3.05, 3.63) is 0 Å². The lowest BCUT2D eigenvalue weighted by Gasteiger charge is -2.36. The van der Waals surface area contributed by atoms with Gasteiger partial charge in [-0.3, -0.25) is 0 Å². The van der Waals surface area contributed by atoms with Gasteiger partial charge in [0, 0.05) is 0 Å². The van der Waals surface area contributed by atoms with Gasteiger partial charge in [-0.2, -0.15) is 0 Å². The molecular formula is C17H34O3. The predicted octanol–water partition coefficient (Wildman–Crippen LogP) is 5.38. The second-order valence-corrected chi connectivity index (χ2v) is 5.83. The number of unbranched alkanes of at least 4 members (excludes halogenated alkanes) is 5. The first-order chi connectivity index (χ1) is 9.80. The smallest absolute Gasteiger partial charge is 0.163 e. The minimum absolute atomic E-state index is 0.0521. The van der Waals surface area contributed by atoms with E-state index in [0.717, 1.165) is 25.7 Å². The van der Waals surface area contributed by atoms with Gasteiger partial charge in [-0.1, -0.05) is 52.9 Å². The SMILES string of the molecule is CCCCCC1OC(CCCC)OC(CCCCC)O1. The molecule has 1 aliphatic rings. The molecule has 0 radical (unpaired) electrons. The summed E-state index contributed by atoms with van der Waals surface area (Å²) in [5, 5.41) is 0. The topological polar surface area (TPSA) is 27.7 Å². The Morgan fingerprint density at radius 3 is 1.20 bits per heavy atom. The number of rotatable bonds is 11. The van der Waals surface area contributed by atoms with Crippen molar-refractivity contribution in [3.63, 3.8) is 0 Å². The number of ether oxygens (including phenoxy) is 3. The quantitative estimate of drug-likeness (QED) is 0.477. The molecule has 0 aliphatic carbocycles. The maximum atomic E-state index is 5.95. The third-order valence-electron chi connectivity index (χ3n) is 3.79. The van der Waals surface area contributed by atoms with Crippen LogP contribution in [0.15, 0.2) is 0 Å². The van der Waals surface area contributed by atoms with Crippen molar-refractivity contribution in [2.45, 2.75) is 110 Å². The lowest BCUT2D eigenvalue weighted by Crippen LogP contribution is -2.40. The molecule has 0 N–H and O–H groups in total. The van der Waals surface area contributed by atoms with Crippen LogP contribution in [-0.2, 0) is 14.2 Å². The number of hydrogen-bond acceptors (Lipinski definition) is 3. The summed E-state index contributed by atoms with van der Waals surface area (Å²) in [6.45, 7) is 6.66. The van der Waals surface area contributed by atoms with Crippen LogP contribution in [0.5, 0.6) is 0 Å². The highest BCUT2D eigenvalue weighted by Gasteiger charge is 2.29. The molecule has 3 nitrogen and oxygen atoms in total. The summed E-state index contributed by atoms with van der Waals surface area (Å²) in [5.74, 6) is 0. The van der Waals surface area contributed by atoms with Gasteiger partial charge in [0.1, 0.15) is 0 Å². The molecule has 2 atom stereocenters. The Morgan fingerprint density at radius 1 is 0.500 bits per heavy atom. The zero-order valence-electron chi connectivity index (χ0n) is 13.7. The average Bonchev–Trinajstić information content (AvgIpc) is 2.46. The molecular weight excluding hydrogens is 252 g/mol. The van der Waals surface area contributed by atoms with Crippen molar-refractivity contribution in [1.82, 2.24) is 0 Å². The Bertz CT molecular complexity index is 202. The maximum absolute atomic E-state index is 5.95. The first-order valence-electron chi connectivity index (χ1n) is 8.76. The molecule has 0 spiro atoms. The Kier molecular flexibility index (Phi) is 10.3. The first-order valence-corrected chi connectivity index (χ1v) is 8.76. The van der Waals surface area contributed by atoms with Gasteiger partial charge in [-0.05, 0) is 38.5 Å². The van der Waals surface area contributed by atoms with Crippen LogP contribution >= 0.6 is 0 Å². The largest absolute Gasteiger partial charge is 0.324 e. The van der Waals surface area contributed by atoms with Crippen LogP contribution in [-0.4, -0.2) is 18.9 Å². The predicted molar refractivity (Wildman–Crippen MR) is 82.4 cm³/mol. The second-order valence-electron chi connectivity index (χ2n) is 5.83. The molecule has 3 heteroatoms. The van der Waals surface area contributed by atoms with E-state index in [1.54, 1.807) is 0 Å². The molecule has 1 saturated heterocycles. The van der Waals surface area contributed by atoms with Crippen LogP contribution in [0.4, 0.5) is 0 Å². The van der Waals surface area contributed by atoms with E-state index in [1.165, 1.54) is 44.9 Å². The van der Waals surface area contributed by atoms with E-state index in [1.807, 2.05) is 0 Å². The zero-order chi connectivity index (χ0) is 14.6. The van der Waals surface area contributed by atoms with E-state index >= 15 is 0 Å². The van der Waals surface area contributed by atoms with E-state index in [2.05, 4.69) is 20.8 Å². The highest BCUT2D eigenvalue weighted by molar-refractivity contribution is 4.60. The minimum Gasteiger partial charge on any atom is -0.324 e. The Labute approximate surface area is 125 Å². The Hall–Kier alpha value is -0.120. The lowest BCUT2D eigenvalue weighted by atomic mass is 10.2. The summed E-state index contributed by atoms with van der Waals surface area (Å²) >= 11 is 0. The molecule has 0 aromatic heterocycles. The molecule has 0 amide bonds. The first kappa shape index (κ1) is 17.9. The van der Waals surface area contributed by atoms with Gasteiger partial charge < -0.3 is 14.2 Å². The van der Waals surface area contributed by atoms with Crippen LogP contribution in [0, 0.1) is 0 Å². The van der Waals surface area contributed by atoms with Crippen molar-refractivity contribution >= 4 is 0 Å². The van der Waals surface area contributed by atoms with Crippen molar-refractivity contribution in [3.8, 4) is 0 Å². The van der Waals surface area contributed by atoms with Gasteiger partial charge in [0.15, 0.2) is 18.9 Å². The molecule has 1 heterocycles. The van der Waals surface area contributed by atoms with E-state index in [4.69, 9.17) is 14.2 Å². The summed E-state index contributed by atoms with van der Waals surface area (Å²) in [5.41, 5.74) is 0. The fourth-order valence-electron chi connectivity index (χ4n) is 2.51. The number of hydrogen-bond donors (Lipinski definition) is 0. The van der Waals surface area contributed by atoms with Crippen LogP contribution in [0.3, 0.4) is 0 Å². The van der Waals surface area contributed by atoms with Gasteiger partial charge in [0.2, 0.25) is 0 Å². The fourth-order valence-corrected chi connectivity index (χ4v) is 2.51. The Morgan fingerprint density at radius 2 is 0.850 bits per heavy atom. The van der Waals surface area contributed by atoms with Crippen LogP contribution in [0.2, 0.25) is 0 Å². The van der Waals surface area contributed by atoms with Gasteiger partial charge >= 0.3 is 0 Å². The van der Waals surface area contributed by atoms with Gasteiger partial charge in [-0.15, -0.1) is 0 Å². The van der Waals surface area contributed by atoms with E-state index in [0.29, 0.717) is 0 Å². The third kappa shape index (κ3) is 7.61. The van der Waals surface area contributed by atoms with E-state index in [-0.39, 0.29) is 18.9 Å². The summed E-state index contributed by atoms with van der Waals surface area (Å²) in [7, 11) is 0. The van der Waals surface area contributed by atoms with Gasteiger partial charge in [-0.25, -0.2) is 0 Å². The lowest BCUT2D eigenvalue weighted by molar-refractivity contribution is -0.386. The molecule has 1 fully saturated rings. The molecule has 0 aromatic carbocycles. The van der Waals surface area contributed by atoms with E-state index in [9.17, 15) is 0 Å². The van der Waals surface area contributed by atoms with Gasteiger partial charge in [0.25, 0.3) is 0 Å². The summed E-state index contributed by atoms with van der Waals surface area (Å²) in [6.07, 6.45) is 12.5. The third-order valence-corrected chi connectivity index (χ3v) is 3.79. The van der Waals surface area contributed by atoms with Gasteiger partial charge in [0.05, 0.1) is 0 Å². The van der Waals surface area contributed by atoms with Crippen molar-refractivity contribution in [2.24, 2.45) is 0 Å². The fraction of sp³-hybridized carbons (Fsp3) is 1.00. The maximum Gasteiger partial charge on any atom is 0.163 e. The minimum atomic E-state index is -0.0537. The average molecular weight is 286 g/mol. The second kappa shape index (κ2) is 11.5. The van der Waals surface area contributed by atoms with Crippen molar-refractivity contribution in [2.75, 3.05) is 0 Å². The highest BCUT2D eigenvalue weighted by atomic mass is 16.9. The molecule has 2 unspecified atom stereocenters. The Balaban J connectivity index is 2.35. The molecule has 0 aromatic rings. The van der Waals surface area contributed by atoms with Crippen molar-refractivity contribution in [1.29, 1.82) is 0 Å². The molecule has 0 bridgehead atoms. The molecule has 1 aliphatic heterocycles. The molecule has 120 valence electrons. The molecule has 1 rings (SSSR count). The van der Waals surface area contributed by atoms with Crippen LogP contribution < -0.4 is 0 Å². The van der Waals surface area contributed by atoms with Crippen LogP contribution in [0.25, 0.3) is 0 Å². The monoisotopic (exact) mass is 286 g/mol. The summed E-state index contributed by atoms with van der Waals surface area (Å²) < 4.78 is 17.8. The zero-order valence-corrected chi connectivity index (χ0v) is 13.7. The summed E-state index contributed by atoms with van der Waals surface area (Å²) in [4.78, 5) is 0. The van der Waals surface area contributed by atoms with Crippen molar-refractivity contribution < 1.29 is 14.2 Å². The summed E-state index contributed by atoms with van der Waals surface area (Å²) in [6, 6.07) is 0. The van der Waals surface area contributed by atoms with E-state index < -0.39 is 0 Å².